The second-order valence-corrected chi connectivity index (χ2v) is 6.84. The number of benzene rings is 1. The van der Waals surface area contributed by atoms with E-state index in [2.05, 4.69) is 63.3 Å². The van der Waals surface area contributed by atoms with Gasteiger partial charge in [-0.1, -0.05) is 61.9 Å². The van der Waals surface area contributed by atoms with Crippen LogP contribution < -0.4 is 0 Å². The highest BCUT2D eigenvalue weighted by Crippen LogP contribution is 2.36. The van der Waals surface area contributed by atoms with Crippen molar-refractivity contribution in [2.75, 3.05) is 0 Å². The Kier molecular flexibility index (Phi) is 6.18. The van der Waals surface area contributed by atoms with E-state index in [0.29, 0.717) is 17.8 Å². The van der Waals surface area contributed by atoms with Gasteiger partial charge in [0.2, 0.25) is 0 Å². The Labute approximate surface area is 135 Å². The first kappa shape index (κ1) is 16.7. The van der Waals surface area contributed by atoms with Gasteiger partial charge >= 0.3 is 0 Å². The highest BCUT2D eigenvalue weighted by molar-refractivity contribution is 5.54. The summed E-state index contributed by atoms with van der Waals surface area (Å²) in [6, 6.07) is 6.90. The van der Waals surface area contributed by atoms with Gasteiger partial charge in [-0.25, -0.2) is 0 Å². The van der Waals surface area contributed by atoms with E-state index >= 15 is 0 Å². The maximum Gasteiger partial charge on any atom is -0.00444 e. The van der Waals surface area contributed by atoms with Gasteiger partial charge in [0.05, 0.1) is 0 Å². The van der Waals surface area contributed by atoms with Crippen LogP contribution in [-0.2, 0) is 6.42 Å². The number of hydrogen-bond acceptors (Lipinski definition) is 1. The third-order valence-electron chi connectivity index (χ3n) is 4.69. The monoisotopic (exact) mass is 295 g/mol. The van der Waals surface area contributed by atoms with Crippen LogP contribution in [0.3, 0.4) is 0 Å². The van der Waals surface area contributed by atoms with Crippen LogP contribution in [0.2, 0.25) is 0 Å². The van der Waals surface area contributed by atoms with E-state index in [-0.39, 0.29) is 0 Å². The quantitative estimate of drug-likeness (QED) is 0.611. The van der Waals surface area contributed by atoms with E-state index in [1.807, 2.05) is 0 Å². The molecule has 2 atom stereocenters. The third-order valence-corrected chi connectivity index (χ3v) is 4.69. The largest absolute Gasteiger partial charge is 0.313 e. The van der Waals surface area contributed by atoms with Crippen molar-refractivity contribution in [1.29, 1.82) is 5.41 Å². The molecule has 0 fully saturated rings. The van der Waals surface area contributed by atoms with Crippen LogP contribution >= 0.6 is 0 Å². The zero-order valence-corrected chi connectivity index (χ0v) is 14.2. The Morgan fingerprint density at radius 2 is 2.09 bits per heavy atom. The summed E-state index contributed by atoms with van der Waals surface area (Å²) >= 11 is 0. The zero-order valence-electron chi connectivity index (χ0n) is 14.2. The van der Waals surface area contributed by atoms with Crippen LogP contribution in [0.4, 0.5) is 0 Å². The minimum atomic E-state index is 0.600. The lowest BCUT2D eigenvalue weighted by Crippen LogP contribution is -2.14. The van der Waals surface area contributed by atoms with Crippen molar-refractivity contribution in [3.05, 3.63) is 59.2 Å². The summed E-state index contributed by atoms with van der Waals surface area (Å²) in [7, 11) is 0. The van der Waals surface area contributed by atoms with Crippen LogP contribution in [-0.4, -0.2) is 6.21 Å². The second kappa shape index (κ2) is 8.12. The molecule has 0 saturated heterocycles. The molecule has 0 bridgehead atoms. The second-order valence-electron chi connectivity index (χ2n) is 6.84. The lowest BCUT2D eigenvalue weighted by atomic mass is 9.77. The number of nitrogens with one attached hydrogen (secondary N) is 1. The van der Waals surface area contributed by atoms with Gasteiger partial charge in [0.1, 0.15) is 0 Å². The lowest BCUT2D eigenvalue weighted by molar-refractivity contribution is 0.411. The Morgan fingerprint density at radius 1 is 1.27 bits per heavy atom. The Morgan fingerprint density at radius 3 is 2.73 bits per heavy atom. The van der Waals surface area contributed by atoms with Gasteiger partial charge in [0, 0.05) is 0 Å². The average molecular weight is 295 g/mol. The molecule has 22 heavy (non-hydrogen) atoms. The van der Waals surface area contributed by atoms with Gasteiger partial charge < -0.3 is 5.41 Å². The van der Waals surface area contributed by atoms with Gasteiger partial charge in [-0.15, -0.1) is 0 Å². The molecule has 0 radical (unpaired) electrons. The minimum Gasteiger partial charge on any atom is -0.313 e. The van der Waals surface area contributed by atoms with Crippen molar-refractivity contribution in [1.82, 2.24) is 0 Å². The number of allylic oxidation sites excluding steroid dienone is 4. The van der Waals surface area contributed by atoms with E-state index in [0.717, 1.165) is 12.8 Å². The molecular weight excluding hydrogens is 266 g/mol. The van der Waals surface area contributed by atoms with E-state index in [1.54, 1.807) is 0 Å². The summed E-state index contributed by atoms with van der Waals surface area (Å²) in [5.41, 5.74) is 4.27. The molecule has 0 heterocycles. The van der Waals surface area contributed by atoms with Gasteiger partial charge in [-0.05, 0) is 67.7 Å². The maximum absolute atomic E-state index is 7.33. The van der Waals surface area contributed by atoms with Crippen molar-refractivity contribution < 1.29 is 0 Å². The SMILES string of the molecule is Cc1ccc(C(CC2C=CC=CC2)C(C)C)c(CCC=N)c1. The zero-order chi connectivity index (χ0) is 15.9. The summed E-state index contributed by atoms with van der Waals surface area (Å²) in [5.74, 6) is 1.90. The van der Waals surface area contributed by atoms with Crippen molar-refractivity contribution in [3.8, 4) is 0 Å². The van der Waals surface area contributed by atoms with Crippen molar-refractivity contribution >= 4 is 6.21 Å². The Balaban J connectivity index is 2.25. The summed E-state index contributed by atoms with van der Waals surface area (Å²) in [6.07, 6.45) is 14.7. The summed E-state index contributed by atoms with van der Waals surface area (Å²) in [6.45, 7) is 6.84. The van der Waals surface area contributed by atoms with Crippen LogP contribution in [0, 0.1) is 24.2 Å². The molecular formula is C21H29N. The maximum atomic E-state index is 7.33. The predicted molar refractivity (Wildman–Crippen MR) is 96.9 cm³/mol. The summed E-state index contributed by atoms with van der Waals surface area (Å²) in [4.78, 5) is 0. The molecule has 2 unspecified atom stereocenters. The molecule has 1 heteroatoms. The molecule has 0 spiro atoms. The van der Waals surface area contributed by atoms with Crippen LogP contribution in [0.15, 0.2) is 42.5 Å². The van der Waals surface area contributed by atoms with Gasteiger partial charge in [-0.3, -0.25) is 0 Å². The number of rotatable bonds is 7. The molecule has 0 aliphatic heterocycles. The fourth-order valence-electron chi connectivity index (χ4n) is 3.43. The molecule has 0 amide bonds. The van der Waals surface area contributed by atoms with Crippen LogP contribution in [0.25, 0.3) is 0 Å². The fourth-order valence-corrected chi connectivity index (χ4v) is 3.43. The molecule has 1 aliphatic carbocycles. The fraction of sp³-hybridized carbons (Fsp3) is 0.476. The molecule has 1 aromatic rings. The number of aryl methyl sites for hydroxylation is 2. The van der Waals surface area contributed by atoms with Crippen molar-refractivity contribution in [3.63, 3.8) is 0 Å². The van der Waals surface area contributed by atoms with E-state index < -0.39 is 0 Å². The highest BCUT2D eigenvalue weighted by Gasteiger charge is 2.22. The first-order valence-electron chi connectivity index (χ1n) is 8.53. The summed E-state index contributed by atoms with van der Waals surface area (Å²) < 4.78 is 0. The number of hydrogen-bond donors (Lipinski definition) is 1. The minimum absolute atomic E-state index is 0.600. The molecule has 118 valence electrons. The van der Waals surface area contributed by atoms with E-state index in [4.69, 9.17) is 5.41 Å². The van der Waals surface area contributed by atoms with Gasteiger partial charge in [0.25, 0.3) is 0 Å². The molecule has 0 aromatic heterocycles. The molecule has 1 nitrogen and oxygen atoms in total. The average Bonchev–Trinajstić information content (AvgIpc) is 2.52. The highest BCUT2D eigenvalue weighted by atomic mass is 14.3. The van der Waals surface area contributed by atoms with Crippen molar-refractivity contribution in [2.45, 2.75) is 52.4 Å². The Hall–Kier alpha value is -1.63. The standard InChI is InChI=1S/C21H29N/c1-16(2)21(15-18-8-5-4-6-9-18)20-12-11-17(3)14-19(20)10-7-13-22/h4-6,8,11-14,16,18,21-22H,7,9-10,15H2,1-3H3. The molecule has 1 N–H and O–H groups in total. The van der Waals surface area contributed by atoms with Gasteiger partial charge in [0.15, 0.2) is 0 Å². The van der Waals surface area contributed by atoms with Gasteiger partial charge in [-0.2, -0.15) is 0 Å². The topological polar surface area (TPSA) is 23.9 Å². The van der Waals surface area contributed by atoms with Crippen LogP contribution in [0.1, 0.15) is 55.7 Å². The third kappa shape index (κ3) is 4.43. The normalized spacial score (nSPS) is 18.6. The van der Waals surface area contributed by atoms with E-state index in [9.17, 15) is 0 Å². The van der Waals surface area contributed by atoms with E-state index in [1.165, 1.54) is 35.7 Å². The van der Waals surface area contributed by atoms with Crippen molar-refractivity contribution in [2.24, 2.45) is 11.8 Å². The molecule has 0 saturated carbocycles. The smallest absolute Gasteiger partial charge is 0.00444 e. The molecule has 1 aliphatic rings. The molecule has 2 rings (SSSR count). The van der Waals surface area contributed by atoms with Crippen LogP contribution in [0.5, 0.6) is 0 Å². The summed E-state index contributed by atoms with van der Waals surface area (Å²) in [5, 5.41) is 7.33. The first-order valence-corrected chi connectivity index (χ1v) is 8.53. The first-order chi connectivity index (χ1) is 10.6. The lowest BCUT2D eigenvalue weighted by Gasteiger charge is -2.28. The predicted octanol–water partition coefficient (Wildman–Crippen LogP) is 5.84. The molecule has 1 aromatic carbocycles. The Bertz CT molecular complexity index is 551.